The van der Waals surface area contributed by atoms with E-state index in [0.29, 0.717) is 50.6 Å². The molecule has 42 heavy (non-hydrogen) atoms. The molecule has 1 heterocycles. The summed E-state index contributed by atoms with van der Waals surface area (Å²) in [6, 6.07) is 30.9. The highest BCUT2D eigenvalue weighted by atomic mass is 16.7. The first kappa shape index (κ1) is 30.9. The number of hydrogen-bond acceptors (Lipinski definition) is 5. The lowest BCUT2D eigenvalue weighted by atomic mass is 9.75. The van der Waals surface area contributed by atoms with Gasteiger partial charge in [0.05, 0.1) is 38.6 Å². The molecular weight excluding hydrogens is 524 g/mol. The van der Waals surface area contributed by atoms with Crippen molar-refractivity contribution in [2.75, 3.05) is 6.61 Å². The van der Waals surface area contributed by atoms with Crippen molar-refractivity contribution in [2.24, 2.45) is 17.8 Å². The van der Waals surface area contributed by atoms with Crippen LogP contribution >= 0.6 is 0 Å². The molecule has 2 aliphatic rings. The van der Waals surface area contributed by atoms with Crippen LogP contribution < -0.4 is 0 Å². The third-order valence-electron chi connectivity index (χ3n) is 8.76. The molecule has 0 aromatic heterocycles. The highest BCUT2D eigenvalue weighted by Gasteiger charge is 2.43. The molecule has 0 radical (unpaired) electrons. The molecule has 0 N–H and O–H groups in total. The minimum absolute atomic E-state index is 0.182. The molecule has 3 aromatic rings. The van der Waals surface area contributed by atoms with E-state index >= 15 is 0 Å². The van der Waals surface area contributed by atoms with Gasteiger partial charge in [-0.3, -0.25) is 0 Å². The van der Waals surface area contributed by atoms with E-state index in [2.05, 4.69) is 69.3 Å². The van der Waals surface area contributed by atoms with Gasteiger partial charge in [0, 0.05) is 6.42 Å². The number of benzene rings is 3. The van der Waals surface area contributed by atoms with E-state index in [9.17, 15) is 0 Å². The van der Waals surface area contributed by atoms with Crippen LogP contribution in [0.15, 0.2) is 91.0 Å². The predicted molar refractivity (Wildman–Crippen MR) is 166 cm³/mol. The Bertz CT molecular complexity index is 1150. The highest BCUT2D eigenvalue weighted by Crippen LogP contribution is 2.38. The lowest BCUT2D eigenvalue weighted by Gasteiger charge is -2.44. The van der Waals surface area contributed by atoms with Gasteiger partial charge in [0.1, 0.15) is 12.2 Å². The molecule has 226 valence electrons. The minimum atomic E-state index is -0.371. The lowest BCUT2D eigenvalue weighted by molar-refractivity contribution is -0.295. The molecule has 3 aromatic carbocycles. The second kappa shape index (κ2) is 15.8. The summed E-state index contributed by atoms with van der Waals surface area (Å²) in [6.45, 7) is 8.88. The molecule has 1 saturated heterocycles. The molecular formula is C37H48O5. The number of rotatable bonds is 13. The van der Waals surface area contributed by atoms with Crippen molar-refractivity contribution in [1.82, 2.24) is 0 Å². The van der Waals surface area contributed by atoms with Gasteiger partial charge in [0.15, 0.2) is 6.29 Å². The molecule has 0 spiro atoms. The number of ether oxygens (including phenoxy) is 5. The van der Waals surface area contributed by atoms with Gasteiger partial charge in [-0.1, -0.05) is 118 Å². The maximum absolute atomic E-state index is 6.85. The molecule has 0 amide bonds. The quantitative estimate of drug-likeness (QED) is 0.208. The normalized spacial score (nSPS) is 28.1. The van der Waals surface area contributed by atoms with Crippen LogP contribution in [0.3, 0.4) is 0 Å². The summed E-state index contributed by atoms with van der Waals surface area (Å²) in [5.74, 6) is 1.77. The SMILES string of the molecule is CC(C)[C@@H]1CC[C@@H](C)C[C@H]1O[C@H]1C[C@@H](OCc2ccccc2)[C@@H](OCc2ccccc2)[C@@H](COCc2ccccc2)O1. The summed E-state index contributed by atoms with van der Waals surface area (Å²) in [5, 5.41) is 0. The summed E-state index contributed by atoms with van der Waals surface area (Å²) >= 11 is 0. The molecule has 2 fully saturated rings. The topological polar surface area (TPSA) is 46.2 Å². The zero-order valence-electron chi connectivity index (χ0n) is 25.5. The van der Waals surface area contributed by atoms with E-state index in [-0.39, 0.29) is 30.7 Å². The van der Waals surface area contributed by atoms with Crippen molar-refractivity contribution >= 4 is 0 Å². The molecule has 0 unspecified atom stereocenters. The van der Waals surface area contributed by atoms with Crippen molar-refractivity contribution < 1.29 is 23.7 Å². The smallest absolute Gasteiger partial charge is 0.161 e. The van der Waals surface area contributed by atoms with Crippen LogP contribution in [-0.4, -0.2) is 37.3 Å². The Balaban J connectivity index is 1.34. The lowest BCUT2D eigenvalue weighted by Crippen LogP contribution is -2.54. The van der Waals surface area contributed by atoms with E-state index in [1.54, 1.807) is 0 Å². The average Bonchev–Trinajstić information content (AvgIpc) is 3.01. The summed E-state index contributed by atoms with van der Waals surface area (Å²) in [4.78, 5) is 0. The van der Waals surface area contributed by atoms with Crippen molar-refractivity contribution in [3.05, 3.63) is 108 Å². The van der Waals surface area contributed by atoms with Crippen LogP contribution in [-0.2, 0) is 43.5 Å². The van der Waals surface area contributed by atoms with Gasteiger partial charge in [0.25, 0.3) is 0 Å². The van der Waals surface area contributed by atoms with Crippen molar-refractivity contribution in [3.63, 3.8) is 0 Å². The van der Waals surface area contributed by atoms with Crippen LogP contribution in [0.5, 0.6) is 0 Å². The summed E-state index contributed by atoms with van der Waals surface area (Å²) in [6.07, 6.45) is 3.16. The Morgan fingerprint density at radius 1 is 0.690 bits per heavy atom. The second-order valence-electron chi connectivity index (χ2n) is 12.4. The van der Waals surface area contributed by atoms with Crippen LogP contribution in [0, 0.1) is 17.8 Å². The van der Waals surface area contributed by atoms with E-state index in [4.69, 9.17) is 23.7 Å². The number of hydrogen-bond donors (Lipinski definition) is 0. The Morgan fingerprint density at radius 2 is 1.26 bits per heavy atom. The highest BCUT2D eigenvalue weighted by molar-refractivity contribution is 5.15. The molecule has 1 aliphatic carbocycles. The van der Waals surface area contributed by atoms with Crippen molar-refractivity contribution in [3.8, 4) is 0 Å². The maximum atomic E-state index is 6.85. The molecule has 5 rings (SSSR count). The maximum Gasteiger partial charge on any atom is 0.161 e. The van der Waals surface area contributed by atoms with Crippen LogP contribution in [0.1, 0.15) is 63.1 Å². The monoisotopic (exact) mass is 572 g/mol. The summed E-state index contributed by atoms with van der Waals surface area (Å²) in [7, 11) is 0. The zero-order valence-corrected chi connectivity index (χ0v) is 25.5. The average molecular weight is 573 g/mol. The standard InChI is InChI=1S/C37H48O5/c1-27(2)32-20-19-28(3)21-33(32)41-36-22-34(39-24-30-15-9-5-10-16-30)37(40-25-31-17-11-6-12-18-31)35(42-36)26-38-23-29-13-7-4-8-14-29/h4-18,27-28,32-37H,19-26H2,1-3H3/t28-,32+,33-,34-,35-,36-,37-/m1/s1. The first-order chi connectivity index (χ1) is 20.5. The molecule has 1 saturated carbocycles. The third-order valence-corrected chi connectivity index (χ3v) is 8.76. The Morgan fingerprint density at radius 3 is 1.86 bits per heavy atom. The molecule has 5 heteroatoms. The summed E-state index contributed by atoms with van der Waals surface area (Å²) in [5.41, 5.74) is 3.40. The predicted octanol–water partition coefficient (Wildman–Crippen LogP) is 7.97. The van der Waals surface area contributed by atoms with E-state index in [1.165, 1.54) is 12.8 Å². The van der Waals surface area contributed by atoms with E-state index in [1.807, 2.05) is 42.5 Å². The Kier molecular flexibility index (Phi) is 11.6. The van der Waals surface area contributed by atoms with Gasteiger partial charge < -0.3 is 23.7 Å². The van der Waals surface area contributed by atoms with Gasteiger partial charge >= 0.3 is 0 Å². The first-order valence-electron chi connectivity index (χ1n) is 15.8. The molecule has 7 atom stereocenters. The first-order valence-corrected chi connectivity index (χ1v) is 15.8. The van der Waals surface area contributed by atoms with E-state index in [0.717, 1.165) is 23.1 Å². The van der Waals surface area contributed by atoms with Crippen molar-refractivity contribution in [2.45, 2.75) is 97.0 Å². The molecule has 5 nitrogen and oxygen atoms in total. The second-order valence-corrected chi connectivity index (χ2v) is 12.4. The van der Waals surface area contributed by atoms with Crippen LogP contribution in [0.4, 0.5) is 0 Å². The Hall–Kier alpha value is -2.54. The zero-order chi connectivity index (χ0) is 29.1. The third kappa shape index (κ3) is 8.98. The molecule has 0 bridgehead atoms. The van der Waals surface area contributed by atoms with Gasteiger partial charge in [-0.05, 0) is 47.3 Å². The minimum Gasteiger partial charge on any atom is -0.374 e. The van der Waals surface area contributed by atoms with Gasteiger partial charge in [0.2, 0.25) is 0 Å². The van der Waals surface area contributed by atoms with Crippen LogP contribution in [0.2, 0.25) is 0 Å². The Labute approximate surface area is 252 Å². The summed E-state index contributed by atoms with van der Waals surface area (Å²) < 4.78 is 33.1. The van der Waals surface area contributed by atoms with Gasteiger partial charge in [-0.15, -0.1) is 0 Å². The molecule has 1 aliphatic heterocycles. The van der Waals surface area contributed by atoms with Gasteiger partial charge in [-0.25, -0.2) is 0 Å². The fourth-order valence-corrected chi connectivity index (χ4v) is 6.37. The fourth-order valence-electron chi connectivity index (χ4n) is 6.37. The van der Waals surface area contributed by atoms with Crippen LogP contribution in [0.25, 0.3) is 0 Å². The van der Waals surface area contributed by atoms with Gasteiger partial charge in [-0.2, -0.15) is 0 Å². The largest absolute Gasteiger partial charge is 0.374 e. The van der Waals surface area contributed by atoms with E-state index < -0.39 is 0 Å². The van der Waals surface area contributed by atoms with Crippen molar-refractivity contribution in [1.29, 1.82) is 0 Å². The fraction of sp³-hybridized carbons (Fsp3) is 0.514.